The molecule has 10 heteroatoms. The lowest BCUT2D eigenvalue weighted by atomic mass is 10.1. The number of aliphatic imine (C=N–C) groups is 1. The van der Waals surface area contributed by atoms with Gasteiger partial charge in [0.15, 0.2) is 5.96 Å². The van der Waals surface area contributed by atoms with E-state index in [0.717, 1.165) is 23.5 Å². The Labute approximate surface area is 207 Å². The molecule has 0 aliphatic carbocycles. The third-order valence-electron chi connectivity index (χ3n) is 4.77. The molecule has 1 aromatic heterocycles. The second-order valence-electron chi connectivity index (χ2n) is 7.13. The molecule has 0 saturated carbocycles. The Bertz CT molecular complexity index is 1030. The average Bonchev–Trinajstić information content (AvgIpc) is 3.19. The molecule has 0 bridgehead atoms. The van der Waals surface area contributed by atoms with Crippen LogP contribution in [0.15, 0.2) is 65.9 Å². The van der Waals surface area contributed by atoms with Crippen molar-refractivity contribution in [3.63, 3.8) is 0 Å². The van der Waals surface area contributed by atoms with Gasteiger partial charge in [-0.2, -0.15) is 13.2 Å². The van der Waals surface area contributed by atoms with Crippen molar-refractivity contribution in [1.82, 2.24) is 20.2 Å². The lowest BCUT2D eigenvalue weighted by molar-refractivity contribution is -0.138. The Kier molecular flexibility index (Phi) is 10.1. The summed E-state index contributed by atoms with van der Waals surface area (Å²) < 4.78 is 54.9. The zero-order chi connectivity index (χ0) is 23.0. The SMILES string of the molecule is CCNC(=NCc1ccc(F)cc1C(F)(F)F)NCCc1nccn1Cc1ccccc1.I. The first-order chi connectivity index (χ1) is 15.4. The third kappa shape index (κ3) is 8.02. The normalized spacial score (nSPS) is 11.7. The summed E-state index contributed by atoms with van der Waals surface area (Å²) in [7, 11) is 0. The number of imidazole rings is 1. The molecule has 0 spiro atoms. The van der Waals surface area contributed by atoms with Gasteiger partial charge in [0.25, 0.3) is 0 Å². The number of halogens is 5. The molecule has 0 aliphatic rings. The van der Waals surface area contributed by atoms with Gasteiger partial charge in [-0.1, -0.05) is 36.4 Å². The van der Waals surface area contributed by atoms with E-state index in [1.165, 1.54) is 0 Å². The summed E-state index contributed by atoms with van der Waals surface area (Å²) in [5, 5.41) is 6.13. The molecule has 178 valence electrons. The molecule has 0 amide bonds. The van der Waals surface area contributed by atoms with E-state index < -0.39 is 17.6 Å². The topological polar surface area (TPSA) is 54.2 Å². The van der Waals surface area contributed by atoms with Gasteiger partial charge in [-0.25, -0.2) is 14.4 Å². The van der Waals surface area contributed by atoms with Crippen LogP contribution in [0, 0.1) is 5.82 Å². The number of rotatable bonds is 8. The van der Waals surface area contributed by atoms with Crippen molar-refractivity contribution in [2.75, 3.05) is 13.1 Å². The minimum absolute atomic E-state index is 0. The van der Waals surface area contributed by atoms with Gasteiger partial charge in [0.2, 0.25) is 0 Å². The molecule has 0 radical (unpaired) electrons. The van der Waals surface area contributed by atoms with E-state index in [2.05, 4.69) is 25.2 Å². The summed E-state index contributed by atoms with van der Waals surface area (Å²) in [5.74, 6) is 0.335. The van der Waals surface area contributed by atoms with E-state index in [-0.39, 0.29) is 36.1 Å². The second-order valence-corrected chi connectivity index (χ2v) is 7.13. The summed E-state index contributed by atoms with van der Waals surface area (Å²) in [6.07, 6.45) is -0.386. The molecule has 5 nitrogen and oxygen atoms in total. The summed E-state index contributed by atoms with van der Waals surface area (Å²) in [4.78, 5) is 8.64. The lowest BCUT2D eigenvalue weighted by Gasteiger charge is -2.14. The van der Waals surface area contributed by atoms with Crippen molar-refractivity contribution in [3.8, 4) is 0 Å². The first kappa shape index (κ1) is 26.6. The van der Waals surface area contributed by atoms with Crippen molar-refractivity contribution in [1.29, 1.82) is 0 Å². The van der Waals surface area contributed by atoms with Gasteiger partial charge in [0, 0.05) is 38.4 Å². The standard InChI is InChI=1S/C23H25F4N5.HI/c1-2-28-22(31-15-18-8-9-19(24)14-20(18)23(25,26)27)30-11-10-21-29-12-13-32(21)16-17-6-4-3-5-7-17;/h3-9,12-14H,2,10-11,15-16H2,1H3,(H2,28,30,31);1H. The van der Waals surface area contributed by atoms with Crippen LogP contribution in [0.4, 0.5) is 17.6 Å². The zero-order valence-electron chi connectivity index (χ0n) is 18.1. The fourth-order valence-corrected chi connectivity index (χ4v) is 3.24. The molecule has 2 aromatic carbocycles. The maximum Gasteiger partial charge on any atom is 0.416 e. The van der Waals surface area contributed by atoms with Gasteiger partial charge in [-0.05, 0) is 30.2 Å². The van der Waals surface area contributed by atoms with Gasteiger partial charge in [0.05, 0.1) is 12.1 Å². The Balaban J connectivity index is 0.00000385. The van der Waals surface area contributed by atoms with Crippen LogP contribution in [0.5, 0.6) is 0 Å². The molecular formula is C23H26F4IN5. The monoisotopic (exact) mass is 575 g/mol. The number of nitrogens with one attached hydrogen (secondary N) is 2. The van der Waals surface area contributed by atoms with Crippen LogP contribution in [0.3, 0.4) is 0 Å². The van der Waals surface area contributed by atoms with E-state index in [9.17, 15) is 17.6 Å². The maximum absolute atomic E-state index is 13.3. The van der Waals surface area contributed by atoms with Crippen LogP contribution in [-0.2, 0) is 25.7 Å². The lowest BCUT2D eigenvalue weighted by Crippen LogP contribution is -2.38. The van der Waals surface area contributed by atoms with E-state index in [0.29, 0.717) is 38.1 Å². The number of benzene rings is 2. The molecule has 2 N–H and O–H groups in total. The zero-order valence-corrected chi connectivity index (χ0v) is 20.4. The number of alkyl halides is 3. The van der Waals surface area contributed by atoms with Crippen molar-refractivity contribution in [3.05, 3.63) is 89.3 Å². The highest BCUT2D eigenvalue weighted by Gasteiger charge is 2.33. The van der Waals surface area contributed by atoms with Crippen LogP contribution in [0.2, 0.25) is 0 Å². The molecule has 0 saturated heterocycles. The predicted molar refractivity (Wildman–Crippen MR) is 131 cm³/mol. The summed E-state index contributed by atoms with van der Waals surface area (Å²) >= 11 is 0. The van der Waals surface area contributed by atoms with Gasteiger partial charge < -0.3 is 15.2 Å². The Morgan fingerprint density at radius 1 is 1.09 bits per heavy atom. The van der Waals surface area contributed by atoms with Gasteiger partial charge >= 0.3 is 6.18 Å². The molecule has 3 aromatic rings. The number of guanidine groups is 1. The number of hydrogen-bond donors (Lipinski definition) is 2. The Hall–Kier alpha value is -2.63. The maximum atomic E-state index is 13.3. The van der Waals surface area contributed by atoms with Crippen LogP contribution < -0.4 is 10.6 Å². The smallest absolute Gasteiger partial charge is 0.357 e. The molecule has 0 unspecified atom stereocenters. The van der Waals surface area contributed by atoms with Crippen molar-refractivity contribution >= 4 is 29.9 Å². The van der Waals surface area contributed by atoms with Crippen LogP contribution in [0.1, 0.15) is 29.4 Å². The first-order valence-electron chi connectivity index (χ1n) is 10.3. The number of hydrogen-bond acceptors (Lipinski definition) is 2. The Morgan fingerprint density at radius 2 is 1.85 bits per heavy atom. The highest BCUT2D eigenvalue weighted by molar-refractivity contribution is 14.0. The average molecular weight is 575 g/mol. The summed E-state index contributed by atoms with van der Waals surface area (Å²) in [6.45, 7) is 3.38. The fourth-order valence-electron chi connectivity index (χ4n) is 3.24. The van der Waals surface area contributed by atoms with Crippen molar-refractivity contribution < 1.29 is 17.6 Å². The molecule has 0 fully saturated rings. The largest absolute Gasteiger partial charge is 0.416 e. The predicted octanol–water partition coefficient (Wildman–Crippen LogP) is 5.01. The second kappa shape index (κ2) is 12.6. The third-order valence-corrected chi connectivity index (χ3v) is 4.77. The van der Waals surface area contributed by atoms with Gasteiger partial charge in [-0.15, -0.1) is 24.0 Å². The highest BCUT2D eigenvalue weighted by atomic mass is 127. The van der Waals surface area contributed by atoms with E-state index in [1.807, 2.05) is 43.5 Å². The number of aromatic nitrogens is 2. The molecule has 0 atom stereocenters. The fraction of sp³-hybridized carbons (Fsp3) is 0.304. The Morgan fingerprint density at radius 3 is 2.55 bits per heavy atom. The molecule has 33 heavy (non-hydrogen) atoms. The minimum Gasteiger partial charge on any atom is -0.357 e. The van der Waals surface area contributed by atoms with E-state index in [1.54, 1.807) is 6.20 Å². The van der Waals surface area contributed by atoms with Gasteiger partial charge in [-0.3, -0.25) is 0 Å². The van der Waals surface area contributed by atoms with Crippen LogP contribution >= 0.6 is 24.0 Å². The van der Waals surface area contributed by atoms with Gasteiger partial charge in [0.1, 0.15) is 11.6 Å². The van der Waals surface area contributed by atoms with Crippen molar-refractivity contribution in [2.24, 2.45) is 4.99 Å². The molecule has 3 rings (SSSR count). The van der Waals surface area contributed by atoms with Crippen molar-refractivity contribution in [2.45, 2.75) is 32.6 Å². The molecular weight excluding hydrogens is 549 g/mol. The van der Waals surface area contributed by atoms with E-state index >= 15 is 0 Å². The van der Waals surface area contributed by atoms with Crippen LogP contribution in [0.25, 0.3) is 0 Å². The minimum atomic E-state index is -4.64. The van der Waals surface area contributed by atoms with Crippen LogP contribution in [-0.4, -0.2) is 28.6 Å². The highest BCUT2D eigenvalue weighted by Crippen LogP contribution is 2.32. The first-order valence-corrected chi connectivity index (χ1v) is 10.3. The van der Waals surface area contributed by atoms with E-state index in [4.69, 9.17) is 0 Å². The molecule has 1 heterocycles. The summed E-state index contributed by atoms with van der Waals surface area (Å²) in [6, 6.07) is 12.6. The molecule has 0 aliphatic heterocycles. The quantitative estimate of drug-likeness (QED) is 0.172. The summed E-state index contributed by atoms with van der Waals surface area (Å²) in [5.41, 5.74) is 0.0592. The number of nitrogens with zero attached hydrogens (tertiary/aromatic N) is 3.